The maximum absolute atomic E-state index is 13.4. The van der Waals surface area contributed by atoms with Crippen molar-refractivity contribution in [1.82, 2.24) is 15.3 Å². The molecule has 0 spiro atoms. The van der Waals surface area contributed by atoms with Crippen molar-refractivity contribution in [1.29, 1.82) is 0 Å². The van der Waals surface area contributed by atoms with Gasteiger partial charge in [0, 0.05) is 30.4 Å². The van der Waals surface area contributed by atoms with Crippen LogP contribution in [0.1, 0.15) is 32.1 Å². The highest BCUT2D eigenvalue weighted by Crippen LogP contribution is 2.38. The molecule has 1 aliphatic heterocycles. The topological polar surface area (TPSA) is 84.1 Å². The Morgan fingerprint density at radius 1 is 1.16 bits per heavy atom. The Morgan fingerprint density at radius 2 is 1.94 bits per heavy atom. The van der Waals surface area contributed by atoms with Crippen molar-refractivity contribution in [3.8, 4) is 10.4 Å². The number of nitrogens with two attached hydrogens (primary N) is 1. The van der Waals surface area contributed by atoms with Crippen molar-refractivity contribution < 1.29 is 9.18 Å². The highest BCUT2D eigenvalue weighted by Gasteiger charge is 2.35. The number of nitrogens with zero attached hydrogens (tertiary/aromatic N) is 3. The number of fused-ring (bicyclic) bond motifs is 1. The van der Waals surface area contributed by atoms with E-state index in [1.165, 1.54) is 29.9 Å². The average molecular weight is 440 g/mol. The molecular weight excluding hydrogens is 413 g/mol. The molecule has 3 N–H and O–H groups in total. The first-order valence-electron chi connectivity index (χ1n) is 10.9. The van der Waals surface area contributed by atoms with E-state index in [2.05, 4.69) is 20.2 Å². The van der Waals surface area contributed by atoms with Gasteiger partial charge in [-0.2, -0.15) is 4.98 Å². The zero-order valence-corrected chi connectivity index (χ0v) is 18.1. The highest BCUT2D eigenvalue weighted by molar-refractivity contribution is 7.22. The second kappa shape index (κ2) is 8.51. The summed E-state index contributed by atoms with van der Waals surface area (Å²) in [4.78, 5) is 26.3. The molecular formula is C23H26FN5OS. The molecule has 1 saturated carbocycles. The molecule has 0 bridgehead atoms. The van der Waals surface area contributed by atoms with Crippen molar-refractivity contribution in [3.05, 3.63) is 36.1 Å². The Kier molecular flexibility index (Phi) is 5.58. The third-order valence-corrected chi connectivity index (χ3v) is 7.45. The average Bonchev–Trinajstić information content (AvgIpc) is 3.23. The van der Waals surface area contributed by atoms with Gasteiger partial charge in [0.15, 0.2) is 5.78 Å². The first-order valence-corrected chi connectivity index (χ1v) is 11.8. The second-order valence-electron chi connectivity index (χ2n) is 8.39. The minimum atomic E-state index is -0.264. The Balaban J connectivity index is 1.54. The fourth-order valence-corrected chi connectivity index (χ4v) is 5.81. The van der Waals surface area contributed by atoms with Crippen LogP contribution in [0.25, 0.3) is 20.7 Å². The standard InChI is InChI=1S/C23H26FN5OS/c24-16-8-6-14(7-9-16)19-12-17-21(27-23(25)28-22(17)31-19)29-11-10-26-13-18(29)20(30)15-4-2-1-3-5-15/h6-9,12,15,18,26H,1-5,10-11,13H2,(H2,25,27,28). The second-order valence-corrected chi connectivity index (χ2v) is 9.42. The molecule has 1 aliphatic carbocycles. The summed E-state index contributed by atoms with van der Waals surface area (Å²) in [6.07, 6.45) is 5.45. The van der Waals surface area contributed by atoms with Gasteiger partial charge in [0.1, 0.15) is 22.5 Å². The summed E-state index contributed by atoms with van der Waals surface area (Å²) in [6, 6.07) is 8.22. The van der Waals surface area contributed by atoms with Crippen LogP contribution >= 0.6 is 11.3 Å². The van der Waals surface area contributed by atoms with E-state index >= 15 is 0 Å². The fraction of sp³-hybridized carbons (Fsp3) is 0.435. The number of carbonyl (C=O) groups is 1. The number of halogens is 1. The zero-order chi connectivity index (χ0) is 21.4. The van der Waals surface area contributed by atoms with Crippen molar-refractivity contribution in [2.24, 2.45) is 5.92 Å². The van der Waals surface area contributed by atoms with Crippen LogP contribution in [0.4, 0.5) is 16.2 Å². The van der Waals surface area contributed by atoms with E-state index in [1.807, 2.05) is 6.07 Å². The molecule has 2 fully saturated rings. The molecule has 1 aromatic carbocycles. The SMILES string of the molecule is Nc1nc(N2CCNCC2C(=O)C2CCCCC2)c2cc(-c3ccc(F)cc3)sc2n1. The van der Waals surface area contributed by atoms with Gasteiger partial charge in [0.2, 0.25) is 5.95 Å². The van der Waals surface area contributed by atoms with Gasteiger partial charge in [-0.05, 0) is 36.6 Å². The third-order valence-electron chi connectivity index (χ3n) is 6.37. The van der Waals surface area contributed by atoms with Crippen LogP contribution in [0.15, 0.2) is 30.3 Å². The van der Waals surface area contributed by atoms with Gasteiger partial charge in [-0.15, -0.1) is 11.3 Å². The molecule has 0 amide bonds. The number of benzene rings is 1. The van der Waals surface area contributed by atoms with Gasteiger partial charge in [-0.3, -0.25) is 4.79 Å². The normalized spacial score (nSPS) is 20.3. The maximum atomic E-state index is 13.4. The van der Waals surface area contributed by atoms with Crippen LogP contribution in [0.5, 0.6) is 0 Å². The largest absolute Gasteiger partial charge is 0.368 e. The first kappa shape index (κ1) is 20.3. The van der Waals surface area contributed by atoms with Gasteiger partial charge < -0.3 is 16.0 Å². The Morgan fingerprint density at radius 3 is 2.71 bits per heavy atom. The quantitative estimate of drug-likeness (QED) is 0.639. The van der Waals surface area contributed by atoms with Crippen LogP contribution < -0.4 is 16.0 Å². The lowest BCUT2D eigenvalue weighted by molar-refractivity contribution is -0.125. The maximum Gasteiger partial charge on any atom is 0.223 e. The van der Waals surface area contributed by atoms with E-state index in [1.54, 1.807) is 12.1 Å². The van der Waals surface area contributed by atoms with E-state index in [4.69, 9.17) is 5.73 Å². The monoisotopic (exact) mass is 439 g/mol. The summed E-state index contributed by atoms with van der Waals surface area (Å²) in [5, 5.41) is 4.27. The molecule has 6 nitrogen and oxygen atoms in total. The number of Topliss-reactive ketones (excluding diaryl/α,β-unsaturated/α-hetero) is 1. The molecule has 3 aromatic rings. The number of anilines is 2. The molecule has 1 saturated heterocycles. The number of piperazine rings is 1. The Bertz CT molecular complexity index is 1090. The summed E-state index contributed by atoms with van der Waals surface area (Å²) in [6.45, 7) is 2.10. The summed E-state index contributed by atoms with van der Waals surface area (Å²) >= 11 is 1.51. The lowest BCUT2D eigenvalue weighted by atomic mass is 9.83. The minimum Gasteiger partial charge on any atom is -0.368 e. The number of nitrogen functional groups attached to an aromatic ring is 1. The molecule has 3 heterocycles. The van der Waals surface area contributed by atoms with E-state index in [0.717, 1.165) is 58.7 Å². The Labute approximate surface area is 184 Å². The van der Waals surface area contributed by atoms with Crippen LogP contribution in [-0.4, -0.2) is 41.4 Å². The lowest BCUT2D eigenvalue weighted by Gasteiger charge is -2.38. The number of hydrogen-bond acceptors (Lipinski definition) is 7. The number of thiophene rings is 1. The van der Waals surface area contributed by atoms with E-state index < -0.39 is 0 Å². The number of hydrogen-bond donors (Lipinski definition) is 2. The number of ketones is 1. The minimum absolute atomic E-state index is 0.132. The molecule has 31 heavy (non-hydrogen) atoms. The molecule has 162 valence electrons. The predicted molar refractivity (Wildman–Crippen MR) is 123 cm³/mol. The van der Waals surface area contributed by atoms with Crippen molar-refractivity contribution in [3.63, 3.8) is 0 Å². The highest BCUT2D eigenvalue weighted by atomic mass is 32.1. The van der Waals surface area contributed by atoms with Gasteiger partial charge in [-0.25, -0.2) is 9.37 Å². The molecule has 1 unspecified atom stereocenters. The number of nitrogens with one attached hydrogen (secondary N) is 1. The van der Waals surface area contributed by atoms with Crippen LogP contribution in [0.3, 0.4) is 0 Å². The van der Waals surface area contributed by atoms with Gasteiger partial charge in [0.05, 0.1) is 5.39 Å². The summed E-state index contributed by atoms with van der Waals surface area (Å²) < 4.78 is 13.4. The predicted octanol–water partition coefficient (Wildman–Crippen LogP) is 4.01. The smallest absolute Gasteiger partial charge is 0.223 e. The zero-order valence-electron chi connectivity index (χ0n) is 17.3. The molecule has 2 aromatic heterocycles. The molecule has 5 rings (SSSR count). The van der Waals surface area contributed by atoms with Gasteiger partial charge in [0.25, 0.3) is 0 Å². The van der Waals surface area contributed by atoms with Gasteiger partial charge in [-0.1, -0.05) is 31.4 Å². The number of rotatable bonds is 4. The summed E-state index contributed by atoms with van der Waals surface area (Å²) in [5.41, 5.74) is 6.99. The number of carbonyl (C=O) groups excluding carboxylic acids is 1. The molecule has 0 radical (unpaired) electrons. The molecule has 8 heteroatoms. The third kappa shape index (κ3) is 4.02. The van der Waals surface area contributed by atoms with Crippen LogP contribution in [0.2, 0.25) is 0 Å². The van der Waals surface area contributed by atoms with Crippen molar-refractivity contribution in [2.45, 2.75) is 38.1 Å². The summed E-state index contributed by atoms with van der Waals surface area (Å²) in [5.74, 6) is 1.11. The van der Waals surface area contributed by atoms with Gasteiger partial charge >= 0.3 is 0 Å². The van der Waals surface area contributed by atoms with Crippen LogP contribution in [-0.2, 0) is 4.79 Å². The van der Waals surface area contributed by atoms with Crippen molar-refractivity contribution in [2.75, 3.05) is 30.3 Å². The molecule has 2 aliphatic rings. The number of aromatic nitrogens is 2. The Hall–Kier alpha value is -2.58. The first-order chi connectivity index (χ1) is 15.1. The van der Waals surface area contributed by atoms with Crippen LogP contribution in [0, 0.1) is 11.7 Å². The van der Waals surface area contributed by atoms with E-state index in [0.29, 0.717) is 18.9 Å². The molecule has 1 atom stereocenters. The lowest BCUT2D eigenvalue weighted by Crippen LogP contribution is -2.57. The van der Waals surface area contributed by atoms with Crippen molar-refractivity contribution >= 4 is 39.1 Å². The van der Waals surface area contributed by atoms with E-state index in [-0.39, 0.29) is 23.7 Å². The van der Waals surface area contributed by atoms with E-state index in [9.17, 15) is 9.18 Å². The summed E-state index contributed by atoms with van der Waals surface area (Å²) in [7, 11) is 0. The fourth-order valence-electron chi connectivity index (χ4n) is 4.77.